The van der Waals surface area contributed by atoms with E-state index in [1.165, 1.54) is 15.7 Å². The van der Waals surface area contributed by atoms with E-state index in [0.717, 1.165) is 11.8 Å². The third-order valence-corrected chi connectivity index (χ3v) is 11.5. The Balaban J connectivity index is 1.64. The number of fused-ring (bicyclic) bond motifs is 1. The average molecular weight is 656 g/mol. The van der Waals surface area contributed by atoms with Crippen molar-refractivity contribution in [1.29, 1.82) is 0 Å². The highest BCUT2D eigenvalue weighted by atomic mass is 32.2. The molecular formula is C32H41N5O6S2. The molecule has 0 saturated carbocycles. The number of amides is 1. The Kier molecular flexibility index (Phi) is 8.91. The molecule has 0 bridgehead atoms. The third kappa shape index (κ3) is 6.38. The van der Waals surface area contributed by atoms with Crippen LogP contribution in [0.2, 0.25) is 0 Å². The van der Waals surface area contributed by atoms with Crippen LogP contribution in [0.3, 0.4) is 0 Å². The highest BCUT2D eigenvalue weighted by Crippen LogP contribution is 2.42. The van der Waals surface area contributed by atoms with Crippen molar-refractivity contribution in [2.75, 3.05) is 37.7 Å². The van der Waals surface area contributed by atoms with Gasteiger partial charge in [-0.2, -0.15) is 9.40 Å². The molecule has 0 unspecified atom stereocenters. The number of hydrogen-bond donors (Lipinski definition) is 1. The fourth-order valence-electron chi connectivity index (χ4n) is 5.96. The number of piperidine rings is 1. The van der Waals surface area contributed by atoms with Crippen LogP contribution in [0.25, 0.3) is 22.3 Å². The fourth-order valence-corrected chi connectivity index (χ4v) is 8.17. The molecule has 3 heterocycles. The summed E-state index contributed by atoms with van der Waals surface area (Å²) in [5.74, 6) is -0.0238. The van der Waals surface area contributed by atoms with E-state index >= 15 is 0 Å². The number of furan rings is 1. The molecule has 5 rings (SSSR count). The minimum absolute atomic E-state index is 0.144. The first-order valence-electron chi connectivity index (χ1n) is 15.0. The topological polar surface area (TPSA) is 135 Å². The molecule has 4 aromatic rings. The number of carbonyl (C=O) groups is 1. The lowest BCUT2D eigenvalue weighted by Gasteiger charge is -2.34. The molecule has 13 heteroatoms. The second kappa shape index (κ2) is 12.3. The van der Waals surface area contributed by atoms with E-state index in [2.05, 4.69) is 10.4 Å². The van der Waals surface area contributed by atoms with Crippen LogP contribution in [0.1, 0.15) is 59.8 Å². The largest absolute Gasteiger partial charge is 0.455 e. The molecule has 1 aliphatic rings. The van der Waals surface area contributed by atoms with Gasteiger partial charge in [-0.25, -0.2) is 16.8 Å². The van der Waals surface area contributed by atoms with Crippen LogP contribution < -0.4 is 9.62 Å². The van der Waals surface area contributed by atoms with Crippen molar-refractivity contribution in [3.8, 4) is 11.3 Å². The Labute approximate surface area is 265 Å². The van der Waals surface area contributed by atoms with Gasteiger partial charge in [0.25, 0.3) is 5.91 Å². The van der Waals surface area contributed by atoms with E-state index in [4.69, 9.17) is 4.42 Å². The molecular weight excluding hydrogens is 615 g/mol. The number of nitrogens with zero attached hydrogens (tertiary/aromatic N) is 4. The third-order valence-electron chi connectivity index (χ3n) is 8.34. The summed E-state index contributed by atoms with van der Waals surface area (Å²) in [6, 6.07) is 11.0. The number of carbonyl (C=O) groups excluding carboxylic acids is 1. The van der Waals surface area contributed by atoms with Crippen molar-refractivity contribution in [1.82, 2.24) is 19.4 Å². The molecule has 2 aromatic carbocycles. The van der Waals surface area contributed by atoms with Crippen molar-refractivity contribution in [2.45, 2.75) is 57.9 Å². The Hall–Kier alpha value is -3.68. The summed E-state index contributed by atoms with van der Waals surface area (Å²) in [5.41, 5.74) is 3.89. The summed E-state index contributed by atoms with van der Waals surface area (Å²) < 4.78 is 64.1. The van der Waals surface area contributed by atoms with E-state index < -0.39 is 20.0 Å². The Morgan fingerprint density at radius 3 is 2.44 bits per heavy atom. The molecule has 11 nitrogen and oxygen atoms in total. The van der Waals surface area contributed by atoms with Gasteiger partial charge >= 0.3 is 0 Å². The van der Waals surface area contributed by atoms with Gasteiger partial charge in [0.1, 0.15) is 16.2 Å². The molecule has 45 heavy (non-hydrogen) atoms. The first-order chi connectivity index (χ1) is 21.1. The Morgan fingerprint density at radius 2 is 1.82 bits per heavy atom. The summed E-state index contributed by atoms with van der Waals surface area (Å²) in [4.78, 5) is 13.5. The molecule has 0 radical (unpaired) electrons. The molecule has 1 saturated heterocycles. The van der Waals surface area contributed by atoms with Gasteiger partial charge in [0.15, 0.2) is 0 Å². The monoisotopic (exact) mass is 655 g/mol. The summed E-state index contributed by atoms with van der Waals surface area (Å²) in [7, 11) is -4.56. The summed E-state index contributed by atoms with van der Waals surface area (Å²) in [6.45, 7) is 8.83. The summed E-state index contributed by atoms with van der Waals surface area (Å²) in [5, 5.41) is 7.67. The van der Waals surface area contributed by atoms with E-state index in [1.807, 2.05) is 45.0 Å². The van der Waals surface area contributed by atoms with Gasteiger partial charge in [-0.15, -0.1) is 0 Å². The molecule has 1 amide bonds. The summed E-state index contributed by atoms with van der Waals surface area (Å²) in [6.07, 6.45) is 3.92. The molecule has 1 N–H and O–H groups in total. The average Bonchev–Trinajstić information content (AvgIpc) is 3.55. The number of aryl methyl sites for hydroxylation is 2. The van der Waals surface area contributed by atoms with Gasteiger partial charge in [-0.1, -0.05) is 43.7 Å². The lowest BCUT2D eigenvalue weighted by molar-refractivity contribution is 0.0964. The first-order valence-corrected chi connectivity index (χ1v) is 18.3. The van der Waals surface area contributed by atoms with Gasteiger partial charge in [-0.05, 0) is 50.2 Å². The van der Waals surface area contributed by atoms with E-state index in [0.29, 0.717) is 76.7 Å². The lowest BCUT2D eigenvalue weighted by atomic mass is 9.89. The standard InChI is InChI=1S/C32H41N5O6S2/c1-20(2)17-36-19-29(22(4)34-36)45(41,42)37-14-8-9-24(18-37)25-15-26-28(16-27(25)35(6)44(7,39)40)43-31(30(26)32(38)33-5)23-12-10-21(3)11-13-23/h10-13,15-16,19-20,24H,8-9,14,17-18H2,1-7H3,(H,33,38)/t24-/m0/s1. The molecule has 242 valence electrons. The molecule has 1 aliphatic heterocycles. The normalized spacial score (nSPS) is 16.4. The Morgan fingerprint density at radius 1 is 1.13 bits per heavy atom. The zero-order chi connectivity index (χ0) is 32.8. The molecule has 0 spiro atoms. The predicted octanol–water partition coefficient (Wildman–Crippen LogP) is 4.89. The fraction of sp³-hybridized carbons (Fsp3) is 0.438. The maximum absolute atomic E-state index is 13.9. The van der Waals surface area contributed by atoms with Gasteiger partial charge in [0, 0.05) is 56.9 Å². The van der Waals surface area contributed by atoms with Crippen LogP contribution in [0, 0.1) is 19.8 Å². The number of nitrogens with one attached hydrogen (secondary N) is 1. The van der Waals surface area contributed by atoms with Crippen LogP contribution in [0.4, 0.5) is 5.69 Å². The van der Waals surface area contributed by atoms with Crippen molar-refractivity contribution < 1.29 is 26.0 Å². The number of aromatic nitrogens is 2. The van der Waals surface area contributed by atoms with Crippen LogP contribution in [-0.2, 0) is 26.6 Å². The molecule has 2 aromatic heterocycles. The predicted molar refractivity (Wildman–Crippen MR) is 176 cm³/mol. The SMILES string of the molecule is CNC(=O)c1c(-c2ccc(C)cc2)oc2cc(N(C)S(C)(=O)=O)c([C@H]3CCCN(S(=O)(=O)c4cn(CC(C)C)nc4C)C3)cc12. The minimum atomic E-state index is -3.88. The van der Waals surface area contributed by atoms with Gasteiger partial charge in [0.2, 0.25) is 20.0 Å². The van der Waals surface area contributed by atoms with Crippen LogP contribution in [-0.4, -0.2) is 70.3 Å². The highest BCUT2D eigenvalue weighted by molar-refractivity contribution is 7.92. The summed E-state index contributed by atoms with van der Waals surface area (Å²) >= 11 is 0. The van der Waals surface area contributed by atoms with Crippen molar-refractivity contribution in [3.63, 3.8) is 0 Å². The lowest BCUT2D eigenvalue weighted by Crippen LogP contribution is -2.39. The van der Waals surface area contributed by atoms with Crippen LogP contribution >= 0.6 is 0 Å². The van der Waals surface area contributed by atoms with Crippen LogP contribution in [0.15, 0.2) is 51.9 Å². The second-order valence-electron chi connectivity index (χ2n) is 12.3. The van der Waals surface area contributed by atoms with Gasteiger partial charge in [0.05, 0.1) is 23.2 Å². The van der Waals surface area contributed by atoms with Gasteiger partial charge in [-0.3, -0.25) is 13.8 Å². The Bertz CT molecular complexity index is 1960. The zero-order valence-corrected chi connectivity index (χ0v) is 28.4. The number of hydrogen-bond acceptors (Lipinski definition) is 7. The quantitative estimate of drug-likeness (QED) is 0.271. The first kappa shape index (κ1) is 32.7. The van der Waals surface area contributed by atoms with Crippen LogP contribution in [0.5, 0.6) is 0 Å². The van der Waals surface area contributed by atoms with E-state index in [-0.39, 0.29) is 23.3 Å². The van der Waals surface area contributed by atoms with Crippen molar-refractivity contribution in [3.05, 3.63) is 65.0 Å². The number of rotatable bonds is 9. The molecule has 1 atom stereocenters. The second-order valence-corrected chi connectivity index (χ2v) is 16.2. The van der Waals surface area contributed by atoms with Crippen molar-refractivity contribution in [2.24, 2.45) is 5.92 Å². The maximum atomic E-state index is 13.9. The highest BCUT2D eigenvalue weighted by Gasteiger charge is 2.35. The van der Waals surface area contributed by atoms with E-state index in [1.54, 1.807) is 37.0 Å². The maximum Gasteiger partial charge on any atom is 0.255 e. The smallest absolute Gasteiger partial charge is 0.255 e. The van der Waals surface area contributed by atoms with Gasteiger partial charge < -0.3 is 9.73 Å². The zero-order valence-electron chi connectivity index (χ0n) is 26.8. The molecule has 1 fully saturated rings. The number of benzene rings is 2. The number of anilines is 1. The molecule has 0 aliphatic carbocycles. The van der Waals surface area contributed by atoms with E-state index in [9.17, 15) is 21.6 Å². The minimum Gasteiger partial charge on any atom is -0.455 e. The van der Waals surface area contributed by atoms with Crippen molar-refractivity contribution >= 4 is 42.6 Å². The number of sulfonamides is 2.